The molecular weight excluding hydrogens is 292 g/mol. The fraction of sp³-hybridized carbons (Fsp3) is 0.812. The molecule has 0 aromatic carbocycles. The second-order valence-electron chi connectivity index (χ2n) is 6.62. The normalized spacial score (nSPS) is 20.3. The number of carbonyl (C=O) groups is 1. The minimum absolute atomic E-state index is 0.219. The zero-order valence-corrected chi connectivity index (χ0v) is 13.8. The Balaban J connectivity index is 1.38. The molecule has 2 aliphatic rings. The number of likely N-dealkylation sites (tertiary alicyclic amines) is 1. The second-order valence-corrected chi connectivity index (χ2v) is 6.62. The third kappa shape index (κ3) is 4.92. The lowest BCUT2D eigenvalue weighted by Crippen LogP contribution is -2.39. The molecule has 1 aromatic rings. The number of anilines is 1. The van der Waals surface area contributed by atoms with Crippen molar-refractivity contribution >= 4 is 12.0 Å². The summed E-state index contributed by atoms with van der Waals surface area (Å²) >= 11 is 0. The summed E-state index contributed by atoms with van der Waals surface area (Å²) in [5.41, 5.74) is 0. The molecule has 7 nitrogen and oxygen atoms in total. The van der Waals surface area contributed by atoms with E-state index in [-0.39, 0.29) is 6.03 Å². The molecular formula is C16H28N6O. The lowest BCUT2D eigenvalue weighted by atomic mass is 9.96. The van der Waals surface area contributed by atoms with E-state index in [1.165, 1.54) is 38.5 Å². The number of nitrogens with zero attached hydrogens (tertiary/aromatic N) is 4. The fourth-order valence-corrected chi connectivity index (χ4v) is 3.51. The van der Waals surface area contributed by atoms with E-state index in [1.54, 1.807) is 6.33 Å². The van der Waals surface area contributed by atoms with Crippen molar-refractivity contribution in [1.29, 1.82) is 0 Å². The Labute approximate surface area is 137 Å². The van der Waals surface area contributed by atoms with Crippen LogP contribution in [0.2, 0.25) is 0 Å². The van der Waals surface area contributed by atoms with E-state index >= 15 is 0 Å². The van der Waals surface area contributed by atoms with Gasteiger partial charge >= 0.3 is 6.03 Å². The molecule has 128 valence electrons. The van der Waals surface area contributed by atoms with E-state index in [0.29, 0.717) is 18.5 Å². The van der Waals surface area contributed by atoms with Crippen LogP contribution < -0.4 is 10.6 Å². The molecule has 23 heavy (non-hydrogen) atoms. The Bertz CT molecular complexity index is 491. The van der Waals surface area contributed by atoms with Gasteiger partial charge in [-0.1, -0.05) is 25.7 Å². The van der Waals surface area contributed by atoms with Gasteiger partial charge in [-0.15, -0.1) is 5.10 Å². The molecule has 0 atom stereocenters. The molecule has 2 N–H and O–H groups in total. The summed E-state index contributed by atoms with van der Waals surface area (Å²) in [5.74, 6) is 0.394. The van der Waals surface area contributed by atoms with E-state index in [1.807, 2.05) is 4.68 Å². The van der Waals surface area contributed by atoms with Crippen molar-refractivity contribution in [2.75, 3.05) is 31.5 Å². The van der Waals surface area contributed by atoms with Crippen molar-refractivity contribution in [2.45, 2.75) is 57.4 Å². The highest BCUT2D eigenvalue weighted by Gasteiger charge is 2.17. The Morgan fingerprint density at radius 2 is 1.87 bits per heavy atom. The van der Waals surface area contributed by atoms with E-state index in [2.05, 4.69) is 25.6 Å². The molecule has 1 aliphatic heterocycles. The average Bonchev–Trinajstić information content (AvgIpc) is 3.05. The Hall–Kier alpha value is -1.63. The zero-order chi connectivity index (χ0) is 15.9. The van der Waals surface area contributed by atoms with Gasteiger partial charge in [0.15, 0.2) is 0 Å². The summed E-state index contributed by atoms with van der Waals surface area (Å²) in [5, 5.41) is 10.0. The number of hydrogen-bond donors (Lipinski definition) is 2. The number of rotatable bonds is 5. The number of aromatic nitrogens is 3. The van der Waals surface area contributed by atoms with Crippen LogP contribution in [0.5, 0.6) is 0 Å². The highest BCUT2D eigenvalue weighted by atomic mass is 16.2. The van der Waals surface area contributed by atoms with E-state index < -0.39 is 0 Å². The van der Waals surface area contributed by atoms with Crippen molar-refractivity contribution in [1.82, 2.24) is 25.0 Å². The van der Waals surface area contributed by atoms with Crippen LogP contribution >= 0.6 is 0 Å². The maximum Gasteiger partial charge on any atom is 0.321 e. The van der Waals surface area contributed by atoms with Crippen LogP contribution in [0.3, 0.4) is 0 Å². The predicted molar refractivity (Wildman–Crippen MR) is 89.5 cm³/mol. The SMILES string of the molecule is O=C(NCCN1CCCCC1)Nc1ncn(C2CCCCC2)n1. The smallest absolute Gasteiger partial charge is 0.321 e. The molecule has 2 heterocycles. The van der Waals surface area contributed by atoms with E-state index in [4.69, 9.17) is 0 Å². The summed E-state index contributed by atoms with van der Waals surface area (Å²) in [6, 6.07) is 0.220. The average molecular weight is 320 g/mol. The third-order valence-electron chi connectivity index (χ3n) is 4.84. The van der Waals surface area contributed by atoms with Crippen LogP contribution in [0.4, 0.5) is 10.7 Å². The highest BCUT2D eigenvalue weighted by molar-refractivity contribution is 5.87. The fourth-order valence-electron chi connectivity index (χ4n) is 3.51. The van der Waals surface area contributed by atoms with Gasteiger partial charge in [0.05, 0.1) is 6.04 Å². The molecule has 1 aliphatic carbocycles. The summed E-state index contributed by atoms with van der Waals surface area (Å²) in [6.07, 6.45) is 11.8. The summed E-state index contributed by atoms with van der Waals surface area (Å²) in [7, 11) is 0. The molecule has 3 rings (SSSR count). The van der Waals surface area contributed by atoms with Gasteiger partial charge in [0.1, 0.15) is 6.33 Å². The van der Waals surface area contributed by atoms with Crippen LogP contribution in [0, 0.1) is 0 Å². The monoisotopic (exact) mass is 320 g/mol. The van der Waals surface area contributed by atoms with Crippen molar-refractivity contribution in [3.63, 3.8) is 0 Å². The largest absolute Gasteiger partial charge is 0.337 e. The predicted octanol–water partition coefficient (Wildman–Crippen LogP) is 2.39. The Kier molecular flexibility index (Phi) is 5.85. The third-order valence-corrected chi connectivity index (χ3v) is 4.84. The molecule has 7 heteroatoms. The van der Waals surface area contributed by atoms with Gasteiger partial charge in [0.25, 0.3) is 0 Å². The minimum Gasteiger partial charge on any atom is -0.337 e. The van der Waals surface area contributed by atoms with Crippen LogP contribution in [0.15, 0.2) is 6.33 Å². The van der Waals surface area contributed by atoms with Crippen molar-refractivity contribution in [3.05, 3.63) is 6.33 Å². The van der Waals surface area contributed by atoms with Crippen molar-refractivity contribution in [2.24, 2.45) is 0 Å². The number of hydrogen-bond acceptors (Lipinski definition) is 4. The first kappa shape index (κ1) is 16.2. The second kappa shape index (κ2) is 8.29. The molecule has 1 saturated heterocycles. The number of piperidine rings is 1. The van der Waals surface area contributed by atoms with Crippen LogP contribution in [-0.2, 0) is 0 Å². The topological polar surface area (TPSA) is 75.1 Å². The van der Waals surface area contributed by atoms with E-state index in [9.17, 15) is 4.79 Å². The molecule has 0 radical (unpaired) electrons. The Morgan fingerprint density at radius 1 is 1.13 bits per heavy atom. The van der Waals surface area contributed by atoms with Gasteiger partial charge in [-0.05, 0) is 38.8 Å². The summed E-state index contributed by atoms with van der Waals surface area (Å²) < 4.78 is 1.91. The quantitative estimate of drug-likeness (QED) is 0.873. The van der Waals surface area contributed by atoms with Crippen molar-refractivity contribution in [3.8, 4) is 0 Å². The lowest BCUT2D eigenvalue weighted by molar-refractivity contribution is 0.224. The summed E-state index contributed by atoms with van der Waals surface area (Å²) in [6.45, 7) is 3.87. The van der Waals surface area contributed by atoms with Crippen LogP contribution in [-0.4, -0.2) is 51.9 Å². The first-order valence-electron chi connectivity index (χ1n) is 8.99. The maximum atomic E-state index is 11.9. The number of amides is 2. The standard InChI is InChI=1S/C16H28N6O/c23-16(17-9-12-21-10-5-2-6-11-21)19-15-18-13-22(20-15)14-7-3-1-4-8-14/h13-14H,1-12H2,(H2,17,19,20,23). The molecule has 2 amide bonds. The molecule has 0 unspecified atom stereocenters. The first-order valence-corrected chi connectivity index (χ1v) is 8.99. The molecule has 0 bridgehead atoms. The Morgan fingerprint density at radius 3 is 2.65 bits per heavy atom. The highest BCUT2D eigenvalue weighted by Crippen LogP contribution is 2.27. The zero-order valence-electron chi connectivity index (χ0n) is 13.8. The molecule has 0 spiro atoms. The van der Waals surface area contributed by atoms with Gasteiger partial charge in [-0.2, -0.15) is 0 Å². The van der Waals surface area contributed by atoms with Crippen LogP contribution in [0.25, 0.3) is 0 Å². The van der Waals surface area contributed by atoms with Crippen molar-refractivity contribution < 1.29 is 4.79 Å². The first-order chi connectivity index (χ1) is 11.3. The number of urea groups is 1. The summed E-state index contributed by atoms with van der Waals surface area (Å²) in [4.78, 5) is 18.5. The number of nitrogens with one attached hydrogen (secondary N) is 2. The van der Waals surface area contributed by atoms with Gasteiger partial charge < -0.3 is 10.2 Å². The number of carbonyl (C=O) groups excluding carboxylic acids is 1. The van der Waals surface area contributed by atoms with Gasteiger partial charge in [-0.3, -0.25) is 5.32 Å². The van der Waals surface area contributed by atoms with Gasteiger partial charge in [-0.25, -0.2) is 14.5 Å². The maximum absolute atomic E-state index is 11.9. The molecule has 1 saturated carbocycles. The van der Waals surface area contributed by atoms with Gasteiger partial charge in [0, 0.05) is 13.1 Å². The molecule has 1 aromatic heterocycles. The molecule has 2 fully saturated rings. The van der Waals surface area contributed by atoms with Gasteiger partial charge in [0.2, 0.25) is 5.95 Å². The van der Waals surface area contributed by atoms with E-state index in [0.717, 1.165) is 32.5 Å². The minimum atomic E-state index is -0.219. The lowest BCUT2D eigenvalue weighted by Gasteiger charge is -2.26. The van der Waals surface area contributed by atoms with Crippen LogP contribution in [0.1, 0.15) is 57.4 Å².